The first-order valence-corrected chi connectivity index (χ1v) is 8.65. The summed E-state index contributed by atoms with van der Waals surface area (Å²) < 4.78 is 7.34. The summed E-state index contributed by atoms with van der Waals surface area (Å²) >= 11 is 0. The van der Waals surface area contributed by atoms with E-state index in [0.29, 0.717) is 31.0 Å². The van der Waals surface area contributed by atoms with Gasteiger partial charge >= 0.3 is 0 Å². The highest BCUT2D eigenvalue weighted by Gasteiger charge is 2.17. The fourth-order valence-corrected chi connectivity index (χ4v) is 2.64. The zero-order valence-electron chi connectivity index (χ0n) is 15.0. The molecule has 134 valence electrons. The fourth-order valence-electron chi connectivity index (χ4n) is 2.64. The lowest BCUT2D eigenvalue weighted by Crippen LogP contribution is -2.28. The number of amides is 1. The molecule has 0 aliphatic heterocycles. The minimum absolute atomic E-state index is 0.156. The van der Waals surface area contributed by atoms with Gasteiger partial charge in [0.15, 0.2) is 5.82 Å². The average Bonchev–Trinajstić information content (AvgIpc) is 3.11. The molecule has 3 aromatic rings. The molecule has 0 saturated heterocycles. The highest BCUT2D eigenvalue weighted by molar-refractivity contribution is 5.95. The summed E-state index contributed by atoms with van der Waals surface area (Å²) in [5.41, 5.74) is 2.58. The maximum absolute atomic E-state index is 12.5. The van der Waals surface area contributed by atoms with Gasteiger partial charge in [-0.3, -0.25) is 4.79 Å². The zero-order chi connectivity index (χ0) is 18.4. The molecule has 3 rings (SSSR count). The second-order valence-corrected chi connectivity index (χ2v) is 5.88. The van der Waals surface area contributed by atoms with E-state index in [1.165, 1.54) is 5.56 Å². The molecule has 0 atom stereocenters. The number of benzene rings is 1. The summed E-state index contributed by atoms with van der Waals surface area (Å²) in [6.45, 7) is 4.85. The maximum Gasteiger partial charge on any atom is 0.254 e. The van der Waals surface area contributed by atoms with E-state index in [2.05, 4.69) is 15.4 Å². The Hall–Kier alpha value is -3.15. The van der Waals surface area contributed by atoms with Crippen LogP contribution in [0.5, 0.6) is 5.75 Å². The number of hydrogen-bond donors (Lipinski definition) is 1. The van der Waals surface area contributed by atoms with E-state index in [1.807, 2.05) is 56.3 Å². The molecule has 2 heterocycles. The number of ether oxygens (including phenoxy) is 1. The smallest absolute Gasteiger partial charge is 0.254 e. The molecule has 0 saturated carbocycles. The number of aryl methyl sites for hydroxylation is 1. The van der Waals surface area contributed by atoms with Crippen LogP contribution in [0.1, 0.15) is 28.5 Å². The van der Waals surface area contributed by atoms with Crippen molar-refractivity contribution >= 4 is 5.91 Å². The molecule has 0 radical (unpaired) electrons. The van der Waals surface area contributed by atoms with E-state index >= 15 is 0 Å². The van der Waals surface area contributed by atoms with Gasteiger partial charge in [0, 0.05) is 6.20 Å². The molecule has 1 aromatic carbocycles. The lowest BCUT2D eigenvalue weighted by Gasteiger charge is -2.09. The Morgan fingerprint density at radius 3 is 2.69 bits per heavy atom. The van der Waals surface area contributed by atoms with Gasteiger partial charge in [0.05, 0.1) is 24.0 Å². The second kappa shape index (κ2) is 8.29. The third-order valence-corrected chi connectivity index (χ3v) is 3.99. The molecular formula is C20H22N4O2. The molecule has 6 heteroatoms. The first-order chi connectivity index (χ1) is 12.7. The van der Waals surface area contributed by atoms with Crippen LogP contribution in [-0.4, -0.2) is 33.8 Å². The Morgan fingerprint density at radius 1 is 1.19 bits per heavy atom. The van der Waals surface area contributed by atoms with Crippen LogP contribution in [0.2, 0.25) is 0 Å². The van der Waals surface area contributed by atoms with Crippen molar-refractivity contribution in [2.24, 2.45) is 0 Å². The minimum atomic E-state index is -0.156. The number of aromatic nitrogens is 3. The minimum Gasteiger partial charge on any atom is -0.492 e. The predicted octanol–water partition coefficient (Wildman–Crippen LogP) is 2.95. The summed E-state index contributed by atoms with van der Waals surface area (Å²) in [4.78, 5) is 16.8. The van der Waals surface area contributed by atoms with Crippen molar-refractivity contribution in [3.8, 4) is 11.6 Å². The van der Waals surface area contributed by atoms with Gasteiger partial charge in [0.25, 0.3) is 5.91 Å². The Morgan fingerprint density at radius 2 is 2.00 bits per heavy atom. The van der Waals surface area contributed by atoms with Gasteiger partial charge in [-0.2, -0.15) is 5.10 Å². The van der Waals surface area contributed by atoms with Crippen molar-refractivity contribution in [3.05, 3.63) is 71.7 Å². The highest BCUT2D eigenvalue weighted by atomic mass is 16.5. The third-order valence-electron chi connectivity index (χ3n) is 3.99. The Bertz CT molecular complexity index is 857. The van der Waals surface area contributed by atoms with Gasteiger partial charge in [-0.05, 0) is 37.6 Å². The molecule has 2 aromatic heterocycles. The van der Waals surface area contributed by atoms with Crippen LogP contribution in [0.25, 0.3) is 5.82 Å². The molecule has 0 fully saturated rings. The summed E-state index contributed by atoms with van der Waals surface area (Å²) in [5.74, 6) is 1.34. The molecular weight excluding hydrogens is 328 g/mol. The van der Waals surface area contributed by atoms with E-state index in [-0.39, 0.29) is 5.91 Å². The molecule has 1 N–H and O–H groups in total. The van der Waals surface area contributed by atoms with Crippen LogP contribution < -0.4 is 10.1 Å². The monoisotopic (exact) mass is 350 g/mol. The normalized spacial score (nSPS) is 10.5. The molecule has 1 amide bonds. The molecule has 26 heavy (non-hydrogen) atoms. The summed E-state index contributed by atoms with van der Waals surface area (Å²) in [7, 11) is 0. The molecule has 0 aliphatic rings. The quantitative estimate of drug-likeness (QED) is 0.665. The van der Waals surface area contributed by atoms with E-state index in [1.54, 1.807) is 17.1 Å². The van der Waals surface area contributed by atoms with E-state index in [4.69, 9.17) is 4.74 Å². The van der Waals surface area contributed by atoms with Gasteiger partial charge in [-0.15, -0.1) is 0 Å². The number of nitrogens with one attached hydrogen (secondary N) is 1. The number of nitrogens with zero attached hydrogens (tertiary/aromatic N) is 3. The lowest BCUT2D eigenvalue weighted by atomic mass is 10.2. The predicted molar refractivity (Wildman–Crippen MR) is 99.7 cm³/mol. The van der Waals surface area contributed by atoms with Crippen molar-refractivity contribution in [2.75, 3.05) is 13.2 Å². The van der Waals surface area contributed by atoms with Crippen LogP contribution >= 0.6 is 0 Å². The van der Waals surface area contributed by atoms with Crippen LogP contribution in [0.3, 0.4) is 0 Å². The molecule has 0 aliphatic carbocycles. The third kappa shape index (κ3) is 4.08. The topological polar surface area (TPSA) is 69.0 Å². The van der Waals surface area contributed by atoms with Crippen molar-refractivity contribution in [1.82, 2.24) is 20.1 Å². The largest absolute Gasteiger partial charge is 0.492 e. The standard InChI is InChI=1S/C20H22N4O2/c1-3-18-17(14-23-24(18)19-6-4-5-11-21-19)20(25)22-12-13-26-16-9-7-15(2)8-10-16/h4-11,14H,3,12-13H2,1-2H3,(H,22,25). The van der Waals surface area contributed by atoms with E-state index < -0.39 is 0 Å². The number of pyridine rings is 1. The van der Waals surface area contributed by atoms with Crippen molar-refractivity contribution in [2.45, 2.75) is 20.3 Å². The van der Waals surface area contributed by atoms with Crippen molar-refractivity contribution in [3.63, 3.8) is 0 Å². The molecule has 0 unspecified atom stereocenters. The first-order valence-electron chi connectivity index (χ1n) is 8.65. The Kier molecular flexibility index (Phi) is 5.63. The van der Waals surface area contributed by atoms with E-state index in [9.17, 15) is 4.79 Å². The number of rotatable bonds is 7. The van der Waals surface area contributed by atoms with Crippen molar-refractivity contribution in [1.29, 1.82) is 0 Å². The highest BCUT2D eigenvalue weighted by Crippen LogP contribution is 2.14. The fraction of sp³-hybridized carbons (Fsp3) is 0.250. The van der Waals surface area contributed by atoms with Crippen LogP contribution in [-0.2, 0) is 6.42 Å². The van der Waals surface area contributed by atoms with Crippen molar-refractivity contribution < 1.29 is 9.53 Å². The Labute approximate surface area is 152 Å². The van der Waals surface area contributed by atoms with Crippen LogP contribution in [0, 0.1) is 6.92 Å². The number of hydrogen-bond acceptors (Lipinski definition) is 4. The molecule has 0 bridgehead atoms. The van der Waals surface area contributed by atoms with Gasteiger partial charge < -0.3 is 10.1 Å². The molecule has 6 nitrogen and oxygen atoms in total. The van der Waals surface area contributed by atoms with Crippen LogP contribution in [0.4, 0.5) is 0 Å². The SMILES string of the molecule is CCc1c(C(=O)NCCOc2ccc(C)cc2)cnn1-c1ccccn1. The van der Waals surface area contributed by atoms with Gasteiger partial charge in [0.2, 0.25) is 0 Å². The summed E-state index contributed by atoms with van der Waals surface area (Å²) in [6, 6.07) is 13.4. The van der Waals surface area contributed by atoms with E-state index in [0.717, 1.165) is 11.4 Å². The summed E-state index contributed by atoms with van der Waals surface area (Å²) in [6.07, 6.45) is 3.97. The van der Waals surface area contributed by atoms with Crippen LogP contribution in [0.15, 0.2) is 54.9 Å². The lowest BCUT2D eigenvalue weighted by molar-refractivity contribution is 0.0946. The first kappa shape index (κ1) is 17.7. The number of carbonyl (C=O) groups excluding carboxylic acids is 1. The summed E-state index contributed by atoms with van der Waals surface area (Å²) in [5, 5.41) is 7.21. The second-order valence-electron chi connectivity index (χ2n) is 5.88. The van der Waals surface area contributed by atoms with Gasteiger partial charge in [0.1, 0.15) is 12.4 Å². The maximum atomic E-state index is 12.5. The zero-order valence-corrected chi connectivity index (χ0v) is 15.0. The molecule has 0 spiro atoms. The van der Waals surface area contributed by atoms with Gasteiger partial charge in [-0.1, -0.05) is 30.7 Å². The Balaban J connectivity index is 1.59. The average molecular weight is 350 g/mol. The number of carbonyl (C=O) groups is 1. The van der Waals surface area contributed by atoms with Gasteiger partial charge in [-0.25, -0.2) is 9.67 Å².